The molecule has 0 unspecified atom stereocenters. The Bertz CT molecular complexity index is 1040. The van der Waals surface area contributed by atoms with E-state index in [0.29, 0.717) is 33.3 Å². The quantitative estimate of drug-likeness (QED) is 0.586. The number of hydrogen-bond acceptors (Lipinski definition) is 5. The van der Waals surface area contributed by atoms with Crippen LogP contribution in [0, 0.1) is 0 Å². The number of nitrogens with zero attached hydrogens (tertiary/aromatic N) is 2. The van der Waals surface area contributed by atoms with Crippen molar-refractivity contribution in [2.45, 2.75) is 12.6 Å². The molecule has 0 bridgehead atoms. The summed E-state index contributed by atoms with van der Waals surface area (Å²) in [6.07, 6.45) is 0.453. The second-order valence-electron chi connectivity index (χ2n) is 5.75. The van der Waals surface area contributed by atoms with Crippen molar-refractivity contribution in [2.24, 2.45) is 0 Å². The first-order valence-electron chi connectivity index (χ1n) is 7.58. The number of fused-ring (bicyclic) bond motifs is 5. The molecule has 0 fully saturated rings. The Labute approximate surface area is 136 Å². The number of aliphatic hydroxyl groups excluding tert-OH is 2. The number of carbonyl (C=O) groups excluding carboxylic acids is 1. The van der Waals surface area contributed by atoms with E-state index < -0.39 is 12.7 Å². The van der Waals surface area contributed by atoms with Gasteiger partial charge in [-0.3, -0.25) is 14.6 Å². The maximum atomic E-state index is 12.9. The number of pyridine rings is 2. The third-order valence-electron chi connectivity index (χ3n) is 4.28. The predicted molar refractivity (Wildman–Crippen MR) is 88.0 cm³/mol. The summed E-state index contributed by atoms with van der Waals surface area (Å²) in [5, 5.41) is 19.3. The number of carbonyl (C=O) groups is 1. The van der Waals surface area contributed by atoms with Gasteiger partial charge in [0.1, 0.15) is 0 Å². The molecule has 0 amide bonds. The Morgan fingerprint density at radius 1 is 1.08 bits per heavy atom. The summed E-state index contributed by atoms with van der Waals surface area (Å²) in [5.74, 6) is -0.184. The van der Waals surface area contributed by atoms with Crippen molar-refractivity contribution in [3.63, 3.8) is 0 Å². The van der Waals surface area contributed by atoms with Crippen LogP contribution in [0.4, 0.5) is 0 Å². The van der Waals surface area contributed by atoms with Crippen LogP contribution in [0.15, 0.2) is 47.4 Å². The molecule has 3 aromatic rings. The molecule has 4 rings (SSSR count). The largest absolute Gasteiger partial charge is 0.394 e. The lowest BCUT2D eigenvalue weighted by atomic mass is 10.1. The third-order valence-corrected chi connectivity index (χ3v) is 4.28. The minimum absolute atomic E-state index is 0.0931. The van der Waals surface area contributed by atoms with E-state index in [9.17, 15) is 14.7 Å². The van der Waals surface area contributed by atoms with Gasteiger partial charge in [0, 0.05) is 17.3 Å². The van der Waals surface area contributed by atoms with Crippen LogP contribution in [0.3, 0.4) is 0 Å². The predicted octanol–water partition coefficient (Wildman–Crippen LogP) is 0.961. The van der Waals surface area contributed by atoms with Crippen molar-refractivity contribution in [1.82, 2.24) is 9.55 Å². The van der Waals surface area contributed by atoms with E-state index in [0.717, 1.165) is 0 Å². The highest BCUT2D eigenvalue weighted by Gasteiger charge is 2.33. The van der Waals surface area contributed by atoms with Gasteiger partial charge in [0.2, 0.25) is 0 Å². The van der Waals surface area contributed by atoms with Crippen LogP contribution in [0.2, 0.25) is 0 Å². The molecule has 1 aromatic carbocycles. The minimum Gasteiger partial charge on any atom is -0.394 e. The summed E-state index contributed by atoms with van der Waals surface area (Å²) in [7, 11) is 0. The molecule has 120 valence electrons. The van der Waals surface area contributed by atoms with Crippen LogP contribution >= 0.6 is 0 Å². The highest BCUT2D eigenvalue weighted by Crippen LogP contribution is 2.38. The molecule has 2 aromatic heterocycles. The van der Waals surface area contributed by atoms with Gasteiger partial charge in [0.25, 0.3) is 5.56 Å². The molecule has 24 heavy (non-hydrogen) atoms. The number of aromatic nitrogens is 2. The van der Waals surface area contributed by atoms with Crippen molar-refractivity contribution in [2.75, 3.05) is 6.61 Å². The Morgan fingerprint density at radius 3 is 2.58 bits per heavy atom. The standard InChI is InChI=1S/C18H14N2O4/c21-9-10(22)8-20-16-11-4-1-2-5-12(11)17(23)14(16)15-13(18(20)24)6-3-7-19-15/h1-7,10,21-22H,8-9H2/t10-/m0/s1. The summed E-state index contributed by atoms with van der Waals surface area (Å²) < 4.78 is 1.37. The van der Waals surface area contributed by atoms with Gasteiger partial charge in [-0.05, 0) is 12.1 Å². The monoisotopic (exact) mass is 322 g/mol. The van der Waals surface area contributed by atoms with E-state index in [1.54, 1.807) is 42.6 Å². The Kier molecular flexibility index (Phi) is 3.30. The molecule has 0 aliphatic heterocycles. The van der Waals surface area contributed by atoms with E-state index in [2.05, 4.69) is 4.98 Å². The second-order valence-corrected chi connectivity index (χ2v) is 5.75. The minimum atomic E-state index is -1.09. The highest BCUT2D eigenvalue weighted by molar-refractivity contribution is 6.26. The molecular formula is C18H14N2O4. The van der Waals surface area contributed by atoms with Crippen molar-refractivity contribution in [1.29, 1.82) is 0 Å². The Morgan fingerprint density at radius 2 is 1.83 bits per heavy atom. The number of rotatable bonds is 3. The summed E-state index contributed by atoms with van der Waals surface area (Å²) in [6, 6.07) is 10.3. The first-order chi connectivity index (χ1) is 11.6. The molecule has 0 saturated carbocycles. The molecular weight excluding hydrogens is 308 g/mol. The average Bonchev–Trinajstić information content (AvgIpc) is 2.92. The van der Waals surface area contributed by atoms with Gasteiger partial charge in [-0.2, -0.15) is 0 Å². The van der Waals surface area contributed by atoms with Crippen LogP contribution in [0.25, 0.3) is 22.2 Å². The SMILES string of the molecule is O=C1c2ccccc2-c2c1c1ncccc1c(=O)n2C[C@H](O)CO. The van der Waals surface area contributed by atoms with Gasteiger partial charge >= 0.3 is 0 Å². The molecule has 2 heterocycles. The van der Waals surface area contributed by atoms with Gasteiger partial charge in [-0.15, -0.1) is 0 Å². The number of hydrogen-bond donors (Lipinski definition) is 2. The first kappa shape index (κ1) is 14.7. The highest BCUT2D eigenvalue weighted by atomic mass is 16.3. The van der Waals surface area contributed by atoms with Crippen molar-refractivity contribution in [3.8, 4) is 11.3 Å². The van der Waals surface area contributed by atoms with Crippen LogP contribution in [-0.2, 0) is 6.54 Å². The van der Waals surface area contributed by atoms with E-state index in [1.807, 2.05) is 0 Å². The van der Waals surface area contributed by atoms with E-state index in [4.69, 9.17) is 5.11 Å². The fourth-order valence-electron chi connectivity index (χ4n) is 3.23. The van der Waals surface area contributed by atoms with E-state index >= 15 is 0 Å². The zero-order valence-electron chi connectivity index (χ0n) is 12.6. The maximum Gasteiger partial charge on any atom is 0.260 e. The first-order valence-corrected chi connectivity index (χ1v) is 7.58. The number of ketones is 1. The lowest BCUT2D eigenvalue weighted by Crippen LogP contribution is -2.30. The zero-order chi connectivity index (χ0) is 16.8. The summed E-state index contributed by atoms with van der Waals surface area (Å²) >= 11 is 0. The van der Waals surface area contributed by atoms with Crippen LogP contribution in [0.5, 0.6) is 0 Å². The molecule has 0 spiro atoms. The summed E-state index contributed by atoms with van der Waals surface area (Å²) in [4.78, 5) is 30.0. The third kappa shape index (κ3) is 1.94. The smallest absolute Gasteiger partial charge is 0.260 e. The number of aliphatic hydroxyl groups is 2. The molecule has 6 heteroatoms. The van der Waals surface area contributed by atoms with Crippen LogP contribution in [-0.4, -0.2) is 38.3 Å². The van der Waals surface area contributed by atoms with Gasteiger partial charge in [0.05, 0.1) is 41.4 Å². The average molecular weight is 322 g/mol. The normalized spacial score (nSPS) is 13.8. The maximum absolute atomic E-state index is 12.9. The van der Waals surface area contributed by atoms with Gasteiger partial charge in [-0.1, -0.05) is 24.3 Å². The molecule has 2 N–H and O–H groups in total. The van der Waals surface area contributed by atoms with Gasteiger partial charge in [0.15, 0.2) is 5.78 Å². The topological polar surface area (TPSA) is 92.4 Å². The van der Waals surface area contributed by atoms with Crippen molar-refractivity contribution >= 4 is 16.7 Å². The lowest BCUT2D eigenvalue weighted by molar-refractivity contribution is 0.0808. The Hall–Kier alpha value is -2.83. The van der Waals surface area contributed by atoms with E-state index in [-0.39, 0.29) is 17.9 Å². The summed E-state index contributed by atoms with van der Waals surface area (Å²) in [6.45, 7) is -0.563. The fourth-order valence-corrected chi connectivity index (χ4v) is 3.23. The lowest BCUT2D eigenvalue weighted by Gasteiger charge is -2.16. The molecule has 6 nitrogen and oxygen atoms in total. The molecule has 1 aliphatic rings. The van der Waals surface area contributed by atoms with Crippen LogP contribution in [0.1, 0.15) is 15.9 Å². The van der Waals surface area contributed by atoms with E-state index in [1.165, 1.54) is 4.57 Å². The molecule has 0 saturated heterocycles. The molecule has 0 radical (unpaired) electrons. The zero-order valence-corrected chi connectivity index (χ0v) is 12.6. The van der Waals surface area contributed by atoms with Crippen LogP contribution < -0.4 is 5.56 Å². The Balaban J connectivity index is 2.15. The summed E-state index contributed by atoms with van der Waals surface area (Å²) in [5.41, 5.74) is 2.02. The van der Waals surface area contributed by atoms with Crippen molar-refractivity contribution < 1.29 is 15.0 Å². The molecule has 1 aliphatic carbocycles. The van der Waals surface area contributed by atoms with Gasteiger partial charge in [-0.25, -0.2) is 0 Å². The second kappa shape index (κ2) is 5.36. The molecule has 1 atom stereocenters. The van der Waals surface area contributed by atoms with Crippen molar-refractivity contribution in [3.05, 3.63) is 64.1 Å². The fraction of sp³-hybridized carbons (Fsp3) is 0.167. The number of benzene rings is 1. The van der Waals surface area contributed by atoms with Gasteiger partial charge < -0.3 is 14.8 Å².